The second-order valence-electron chi connectivity index (χ2n) is 2.31. The summed E-state index contributed by atoms with van der Waals surface area (Å²) in [5.74, 6) is -0.315. The zero-order valence-electron chi connectivity index (χ0n) is 5.79. The molecule has 0 saturated heterocycles. The average molecular weight is 149 g/mol. The molecule has 1 radical (unpaired) electrons. The maximum absolute atomic E-state index is 12.9. The van der Waals surface area contributed by atoms with Crippen LogP contribution < -0.4 is 0 Å². The predicted molar refractivity (Wildman–Crippen MR) is 39.6 cm³/mol. The Kier molecular flexibility index (Phi) is 1.18. The number of fused-ring (bicyclic) bond motifs is 1. The van der Waals surface area contributed by atoms with Gasteiger partial charge in [-0.15, -0.1) is 0 Å². The van der Waals surface area contributed by atoms with Crippen LogP contribution in [0.1, 0.15) is 5.69 Å². The normalized spacial score (nSPS) is 10.7. The van der Waals surface area contributed by atoms with Crippen LogP contribution in [0.5, 0.6) is 0 Å². The number of pyridine rings is 1. The molecule has 0 atom stereocenters. The Bertz CT molecular complexity index is 392. The molecule has 2 rings (SSSR count). The van der Waals surface area contributed by atoms with Gasteiger partial charge in [0, 0.05) is 6.20 Å². The highest BCUT2D eigenvalue weighted by Crippen LogP contribution is 2.06. The third-order valence-electron chi connectivity index (χ3n) is 1.49. The highest BCUT2D eigenvalue weighted by molar-refractivity contribution is 5.40. The van der Waals surface area contributed by atoms with E-state index in [1.807, 2.05) is 0 Å². The highest BCUT2D eigenvalue weighted by atomic mass is 19.1. The molecule has 0 unspecified atom stereocenters. The summed E-state index contributed by atoms with van der Waals surface area (Å²) in [5.41, 5.74) is 1.17. The summed E-state index contributed by atoms with van der Waals surface area (Å²) in [7, 11) is 0. The maximum atomic E-state index is 12.9. The Labute approximate surface area is 63.3 Å². The summed E-state index contributed by atoms with van der Waals surface area (Å²) >= 11 is 0. The van der Waals surface area contributed by atoms with E-state index in [-0.39, 0.29) is 5.95 Å². The first-order valence-electron chi connectivity index (χ1n) is 3.23. The minimum atomic E-state index is -0.315. The van der Waals surface area contributed by atoms with Crippen molar-refractivity contribution in [3.8, 4) is 0 Å². The lowest BCUT2D eigenvalue weighted by Gasteiger charge is -1.91. The molecule has 2 aromatic heterocycles. The number of aromatic nitrogens is 2. The molecule has 2 heterocycles. The largest absolute Gasteiger partial charge is 0.276 e. The number of halogens is 1. The van der Waals surface area contributed by atoms with Crippen LogP contribution in [0.4, 0.5) is 4.39 Å². The fourth-order valence-corrected chi connectivity index (χ4v) is 1.03. The standard InChI is InChI=1S/C8H6FN2/c1-6-5-11-7(9)3-2-4-8(11)10-6/h2-5H,1H2. The summed E-state index contributed by atoms with van der Waals surface area (Å²) in [5, 5.41) is 0. The molecule has 0 fully saturated rings. The van der Waals surface area contributed by atoms with Gasteiger partial charge in [-0.1, -0.05) is 6.07 Å². The Hall–Kier alpha value is -1.38. The molecule has 55 valence electrons. The van der Waals surface area contributed by atoms with Gasteiger partial charge in [-0.3, -0.25) is 4.40 Å². The zero-order valence-corrected chi connectivity index (χ0v) is 5.79. The summed E-state index contributed by atoms with van der Waals surface area (Å²) in [4.78, 5) is 3.99. The molecule has 0 N–H and O–H groups in total. The summed E-state index contributed by atoms with van der Waals surface area (Å²) < 4.78 is 14.3. The van der Waals surface area contributed by atoms with Crippen molar-refractivity contribution in [2.45, 2.75) is 0 Å². The molecule has 0 saturated carbocycles. The average Bonchev–Trinajstić information content (AvgIpc) is 2.31. The third-order valence-corrected chi connectivity index (χ3v) is 1.49. The van der Waals surface area contributed by atoms with E-state index in [1.165, 1.54) is 10.5 Å². The smallest absolute Gasteiger partial charge is 0.199 e. The van der Waals surface area contributed by atoms with Crippen molar-refractivity contribution >= 4 is 5.65 Å². The lowest BCUT2D eigenvalue weighted by molar-refractivity contribution is 0.568. The minimum Gasteiger partial charge on any atom is -0.276 e. The van der Waals surface area contributed by atoms with Gasteiger partial charge >= 0.3 is 0 Å². The van der Waals surface area contributed by atoms with E-state index in [2.05, 4.69) is 11.9 Å². The number of rotatable bonds is 0. The van der Waals surface area contributed by atoms with Gasteiger partial charge in [0.15, 0.2) is 5.95 Å². The van der Waals surface area contributed by atoms with Crippen LogP contribution >= 0.6 is 0 Å². The van der Waals surface area contributed by atoms with Crippen molar-refractivity contribution in [3.63, 3.8) is 0 Å². The van der Waals surface area contributed by atoms with Gasteiger partial charge in [-0.2, -0.15) is 4.39 Å². The fourth-order valence-electron chi connectivity index (χ4n) is 1.03. The number of hydrogen-bond donors (Lipinski definition) is 0. The minimum absolute atomic E-state index is 0.315. The van der Waals surface area contributed by atoms with E-state index in [0.717, 1.165) is 0 Å². The molecule has 11 heavy (non-hydrogen) atoms. The third kappa shape index (κ3) is 0.888. The van der Waals surface area contributed by atoms with Gasteiger partial charge < -0.3 is 0 Å². The molecule has 0 aliphatic carbocycles. The van der Waals surface area contributed by atoms with Crippen LogP contribution in [-0.2, 0) is 0 Å². The SMILES string of the molecule is [CH2]c1cn2c(F)cccc2n1. The Balaban J connectivity index is 2.90. The van der Waals surface area contributed by atoms with Crippen molar-refractivity contribution in [2.24, 2.45) is 0 Å². The number of imidazole rings is 1. The van der Waals surface area contributed by atoms with Gasteiger partial charge in [0.05, 0.1) is 5.69 Å². The molecule has 0 aromatic carbocycles. The maximum Gasteiger partial charge on any atom is 0.199 e. The van der Waals surface area contributed by atoms with E-state index in [9.17, 15) is 4.39 Å². The van der Waals surface area contributed by atoms with E-state index in [4.69, 9.17) is 0 Å². The van der Waals surface area contributed by atoms with Gasteiger partial charge in [0.25, 0.3) is 0 Å². The topological polar surface area (TPSA) is 17.3 Å². The van der Waals surface area contributed by atoms with E-state index < -0.39 is 0 Å². The number of nitrogens with zero attached hydrogens (tertiary/aromatic N) is 2. The molecule has 0 aliphatic heterocycles. The van der Waals surface area contributed by atoms with Crippen molar-refractivity contribution in [1.82, 2.24) is 9.38 Å². The molecule has 0 bridgehead atoms. The van der Waals surface area contributed by atoms with Gasteiger partial charge in [0.2, 0.25) is 0 Å². The zero-order chi connectivity index (χ0) is 7.84. The first-order valence-corrected chi connectivity index (χ1v) is 3.23. The first-order chi connectivity index (χ1) is 5.27. The van der Waals surface area contributed by atoms with Crippen molar-refractivity contribution < 1.29 is 4.39 Å². The summed E-state index contributed by atoms with van der Waals surface area (Å²) in [6.07, 6.45) is 1.56. The second-order valence-corrected chi connectivity index (χ2v) is 2.31. The number of hydrogen-bond acceptors (Lipinski definition) is 1. The molecule has 0 spiro atoms. The van der Waals surface area contributed by atoms with Crippen LogP contribution in [0.15, 0.2) is 24.4 Å². The van der Waals surface area contributed by atoms with Crippen LogP contribution in [0.2, 0.25) is 0 Å². The fraction of sp³-hybridized carbons (Fsp3) is 0. The van der Waals surface area contributed by atoms with Crippen LogP contribution in [0.25, 0.3) is 5.65 Å². The molecule has 3 heteroatoms. The Morgan fingerprint density at radius 1 is 1.45 bits per heavy atom. The molecule has 0 amide bonds. The van der Waals surface area contributed by atoms with Crippen LogP contribution in [0, 0.1) is 12.9 Å². The monoisotopic (exact) mass is 149 g/mol. The lowest BCUT2D eigenvalue weighted by atomic mass is 10.5. The van der Waals surface area contributed by atoms with Crippen LogP contribution in [0.3, 0.4) is 0 Å². The van der Waals surface area contributed by atoms with Gasteiger partial charge in [0.1, 0.15) is 5.65 Å². The van der Waals surface area contributed by atoms with Crippen molar-refractivity contribution in [3.05, 3.63) is 43.0 Å². The van der Waals surface area contributed by atoms with Crippen LogP contribution in [-0.4, -0.2) is 9.38 Å². The molecular formula is C8H6FN2. The van der Waals surface area contributed by atoms with Crippen molar-refractivity contribution in [1.29, 1.82) is 0 Å². The highest BCUT2D eigenvalue weighted by Gasteiger charge is 1.99. The van der Waals surface area contributed by atoms with E-state index >= 15 is 0 Å². The lowest BCUT2D eigenvalue weighted by Crippen LogP contribution is -1.88. The Morgan fingerprint density at radius 3 is 3.00 bits per heavy atom. The van der Waals surface area contributed by atoms with Crippen molar-refractivity contribution in [2.75, 3.05) is 0 Å². The molecule has 2 aromatic rings. The first kappa shape index (κ1) is 6.34. The predicted octanol–water partition coefficient (Wildman–Crippen LogP) is 1.66. The molecule has 2 nitrogen and oxygen atoms in total. The quantitative estimate of drug-likeness (QED) is 0.520. The molecular weight excluding hydrogens is 143 g/mol. The summed E-state index contributed by atoms with van der Waals surface area (Å²) in [6, 6.07) is 4.74. The Morgan fingerprint density at radius 2 is 2.27 bits per heavy atom. The van der Waals surface area contributed by atoms with E-state index in [0.29, 0.717) is 11.3 Å². The molecule has 0 aliphatic rings. The van der Waals surface area contributed by atoms with E-state index in [1.54, 1.807) is 18.3 Å². The van der Waals surface area contributed by atoms with Gasteiger partial charge in [-0.25, -0.2) is 4.98 Å². The summed E-state index contributed by atoms with van der Waals surface area (Å²) in [6.45, 7) is 3.60. The second kappa shape index (κ2) is 2.05. The van der Waals surface area contributed by atoms with Gasteiger partial charge in [-0.05, 0) is 19.1 Å².